The monoisotopic (exact) mass is 250 g/mol. The van der Waals surface area contributed by atoms with Crippen molar-refractivity contribution in [2.24, 2.45) is 0 Å². The van der Waals surface area contributed by atoms with Crippen molar-refractivity contribution in [2.45, 2.75) is 12.4 Å². The summed E-state index contributed by atoms with van der Waals surface area (Å²) in [6.45, 7) is 3.14. The van der Waals surface area contributed by atoms with Gasteiger partial charge in [-0.15, -0.1) is 0 Å². The number of ether oxygens (including phenoxy) is 1. The lowest BCUT2D eigenvalue weighted by Gasteiger charge is -2.31. The Hall–Kier alpha value is -0.550. The van der Waals surface area contributed by atoms with Crippen LogP contribution >= 0.6 is 11.8 Å². The van der Waals surface area contributed by atoms with Crippen molar-refractivity contribution in [1.29, 1.82) is 0 Å². The van der Waals surface area contributed by atoms with Crippen molar-refractivity contribution in [1.82, 2.24) is 10.2 Å². The lowest BCUT2D eigenvalue weighted by molar-refractivity contribution is 0.0946. The zero-order valence-corrected chi connectivity index (χ0v) is 10.7. The van der Waals surface area contributed by atoms with Crippen LogP contribution in [0.5, 0.6) is 0 Å². The van der Waals surface area contributed by atoms with E-state index in [1.165, 1.54) is 30.2 Å². The molecule has 1 aromatic rings. The van der Waals surface area contributed by atoms with E-state index in [9.17, 15) is 0 Å². The Morgan fingerprint density at radius 2 is 1.94 bits per heavy atom. The Bertz CT molecular complexity index is 354. The van der Waals surface area contributed by atoms with Crippen molar-refractivity contribution in [2.75, 3.05) is 31.2 Å². The summed E-state index contributed by atoms with van der Waals surface area (Å²) in [5.41, 5.74) is 1.22. The molecule has 1 aromatic carbocycles. The molecule has 0 amide bonds. The fraction of sp³-hybridized carbons (Fsp3) is 0.538. The molecule has 4 heteroatoms. The molecule has 2 atom stereocenters. The second-order valence-corrected chi connectivity index (χ2v) is 5.68. The third-order valence-corrected chi connectivity index (χ3v) is 4.30. The number of nitrogens with zero attached hydrogens (tertiary/aromatic N) is 1. The number of benzene rings is 1. The minimum Gasteiger partial charge on any atom is -0.356 e. The molecule has 2 saturated heterocycles. The van der Waals surface area contributed by atoms with Gasteiger partial charge in [0.2, 0.25) is 0 Å². The molecular formula is C13H18N2OS. The van der Waals surface area contributed by atoms with Crippen molar-refractivity contribution in [3.63, 3.8) is 0 Å². The minimum absolute atomic E-state index is 0.0655. The van der Waals surface area contributed by atoms with Gasteiger partial charge < -0.3 is 4.74 Å². The van der Waals surface area contributed by atoms with E-state index in [2.05, 4.69) is 34.5 Å². The van der Waals surface area contributed by atoms with E-state index >= 15 is 0 Å². The Labute approximate surface area is 107 Å². The van der Waals surface area contributed by atoms with E-state index in [1.807, 2.05) is 17.8 Å². The maximum atomic E-state index is 5.85. The minimum atomic E-state index is 0.0655. The largest absolute Gasteiger partial charge is 0.356 e. The molecule has 2 heterocycles. The molecule has 2 aliphatic rings. The van der Waals surface area contributed by atoms with Crippen LogP contribution in [0.1, 0.15) is 11.8 Å². The summed E-state index contributed by atoms with van der Waals surface area (Å²) in [6, 6.07) is 10.4. The first kappa shape index (κ1) is 11.5. The summed E-state index contributed by atoms with van der Waals surface area (Å²) < 4.78 is 5.85. The highest BCUT2D eigenvalue weighted by atomic mass is 32.2. The number of hydrogen-bond acceptors (Lipinski definition) is 4. The molecule has 2 unspecified atom stereocenters. The molecule has 92 valence electrons. The van der Waals surface area contributed by atoms with E-state index in [0.717, 1.165) is 6.61 Å². The van der Waals surface area contributed by atoms with Gasteiger partial charge in [0.25, 0.3) is 0 Å². The van der Waals surface area contributed by atoms with E-state index in [4.69, 9.17) is 4.74 Å². The lowest BCUT2D eigenvalue weighted by atomic mass is 10.2. The quantitative estimate of drug-likeness (QED) is 0.863. The van der Waals surface area contributed by atoms with Gasteiger partial charge in [-0.05, 0) is 5.56 Å². The predicted octanol–water partition coefficient (Wildman–Crippen LogP) is 1.68. The Kier molecular flexibility index (Phi) is 3.66. The van der Waals surface area contributed by atoms with Gasteiger partial charge in [-0.3, -0.25) is 10.2 Å². The summed E-state index contributed by atoms with van der Waals surface area (Å²) in [5.74, 6) is 2.49. The normalized spacial score (nSPS) is 30.6. The van der Waals surface area contributed by atoms with Crippen molar-refractivity contribution < 1.29 is 4.74 Å². The second kappa shape index (κ2) is 5.40. The van der Waals surface area contributed by atoms with Gasteiger partial charge in [-0.2, -0.15) is 11.8 Å². The Balaban J connectivity index is 1.61. The Morgan fingerprint density at radius 3 is 2.71 bits per heavy atom. The smallest absolute Gasteiger partial charge is 0.135 e. The number of nitrogens with one attached hydrogen (secondary N) is 1. The van der Waals surface area contributed by atoms with Crippen LogP contribution in [0.3, 0.4) is 0 Å². The van der Waals surface area contributed by atoms with Crippen LogP contribution in [0.15, 0.2) is 30.3 Å². The molecule has 2 aliphatic heterocycles. The first-order chi connectivity index (χ1) is 8.43. The average Bonchev–Trinajstić information content (AvgIpc) is 2.90. The number of rotatable bonds is 2. The lowest BCUT2D eigenvalue weighted by Crippen LogP contribution is -2.47. The number of thioether (sulfide) groups is 1. The van der Waals surface area contributed by atoms with Crippen molar-refractivity contribution >= 4 is 11.8 Å². The van der Waals surface area contributed by atoms with Gasteiger partial charge in [0.05, 0.1) is 12.8 Å². The average molecular weight is 250 g/mol. The molecule has 3 nitrogen and oxygen atoms in total. The second-order valence-electron chi connectivity index (χ2n) is 4.45. The first-order valence-electron chi connectivity index (χ1n) is 6.18. The van der Waals surface area contributed by atoms with Crippen molar-refractivity contribution in [3.05, 3.63) is 35.9 Å². The topological polar surface area (TPSA) is 24.5 Å². The summed E-state index contributed by atoms with van der Waals surface area (Å²) >= 11 is 2.04. The van der Waals surface area contributed by atoms with Gasteiger partial charge in [-0.1, -0.05) is 30.3 Å². The third kappa shape index (κ3) is 2.65. The van der Waals surface area contributed by atoms with Crippen LogP contribution in [0.4, 0.5) is 0 Å². The van der Waals surface area contributed by atoms with E-state index in [0.29, 0.717) is 6.17 Å². The van der Waals surface area contributed by atoms with Gasteiger partial charge in [0.15, 0.2) is 0 Å². The predicted molar refractivity (Wildman–Crippen MR) is 71.0 cm³/mol. The summed E-state index contributed by atoms with van der Waals surface area (Å²) in [5, 5.41) is 3.57. The molecular weight excluding hydrogens is 232 g/mol. The van der Waals surface area contributed by atoms with E-state index in [1.54, 1.807) is 0 Å². The standard InChI is InChI=1S/C13H18N2OS/c1-2-4-11(5-3-1)13-14-12(10-16-13)15-6-8-17-9-7-15/h1-5,12-14H,6-10H2. The highest BCUT2D eigenvalue weighted by molar-refractivity contribution is 7.99. The fourth-order valence-corrected chi connectivity index (χ4v) is 3.31. The van der Waals surface area contributed by atoms with Crippen molar-refractivity contribution in [3.8, 4) is 0 Å². The highest BCUT2D eigenvalue weighted by Gasteiger charge is 2.30. The van der Waals surface area contributed by atoms with Crippen LogP contribution in [0.2, 0.25) is 0 Å². The fourth-order valence-electron chi connectivity index (χ4n) is 2.38. The first-order valence-corrected chi connectivity index (χ1v) is 7.33. The summed E-state index contributed by atoms with van der Waals surface area (Å²) in [7, 11) is 0. The molecule has 0 aliphatic carbocycles. The SMILES string of the molecule is c1ccc(C2NC(N3CCSCC3)CO2)cc1. The van der Waals surface area contributed by atoms with Gasteiger partial charge in [0, 0.05) is 24.6 Å². The van der Waals surface area contributed by atoms with Crippen LogP contribution in [-0.4, -0.2) is 42.3 Å². The molecule has 0 radical (unpaired) electrons. The van der Waals surface area contributed by atoms with Gasteiger partial charge in [-0.25, -0.2) is 0 Å². The van der Waals surface area contributed by atoms with Crippen LogP contribution in [0.25, 0.3) is 0 Å². The van der Waals surface area contributed by atoms with Crippen LogP contribution < -0.4 is 5.32 Å². The van der Waals surface area contributed by atoms with Gasteiger partial charge in [0.1, 0.15) is 6.23 Å². The molecule has 0 spiro atoms. The molecule has 1 N–H and O–H groups in total. The maximum absolute atomic E-state index is 5.85. The van der Waals surface area contributed by atoms with Crippen LogP contribution in [0, 0.1) is 0 Å². The maximum Gasteiger partial charge on any atom is 0.135 e. The zero-order chi connectivity index (χ0) is 11.5. The third-order valence-electron chi connectivity index (χ3n) is 3.35. The zero-order valence-electron chi connectivity index (χ0n) is 9.84. The van der Waals surface area contributed by atoms with E-state index in [-0.39, 0.29) is 6.23 Å². The van der Waals surface area contributed by atoms with Gasteiger partial charge >= 0.3 is 0 Å². The Morgan fingerprint density at radius 1 is 1.18 bits per heavy atom. The van der Waals surface area contributed by atoms with E-state index < -0.39 is 0 Å². The molecule has 3 rings (SSSR count). The van der Waals surface area contributed by atoms with Crippen LogP contribution in [-0.2, 0) is 4.74 Å². The number of hydrogen-bond donors (Lipinski definition) is 1. The molecule has 2 fully saturated rings. The summed E-state index contributed by atoms with van der Waals surface area (Å²) in [4.78, 5) is 2.50. The summed E-state index contributed by atoms with van der Waals surface area (Å²) in [6.07, 6.45) is 0.455. The highest BCUT2D eigenvalue weighted by Crippen LogP contribution is 2.23. The molecule has 17 heavy (non-hydrogen) atoms. The molecule has 0 saturated carbocycles. The molecule has 0 aromatic heterocycles. The molecule has 0 bridgehead atoms.